The molecule has 0 amide bonds. The fourth-order valence-electron chi connectivity index (χ4n) is 1.58. The fourth-order valence-corrected chi connectivity index (χ4v) is 1.58. The summed E-state index contributed by atoms with van der Waals surface area (Å²) < 4.78 is 5.00. The van der Waals surface area contributed by atoms with Crippen molar-refractivity contribution in [2.75, 3.05) is 26.8 Å². The molecule has 0 spiro atoms. The van der Waals surface area contributed by atoms with Gasteiger partial charge in [-0.1, -0.05) is 61.1 Å². The molecule has 1 aromatic rings. The van der Waals surface area contributed by atoms with Gasteiger partial charge in [0.15, 0.2) is 0 Å². The molecule has 0 aromatic heterocycles. The molecule has 0 heterocycles. The summed E-state index contributed by atoms with van der Waals surface area (Å²) in [6.45, 7) is 4.77. The minimum Gasteiger partial charge on any atom is -0.383 e. The van der Waals surface area contributed by atoms with Crippen LogP contribution in [-0.2, 0) is 4.74 Å². The van der Waals surface area contributed by atoms with Gasteiger partial charge < -0.3 is 10.1 Å². The summed E-state index contributed by atoms with van der Waals surface area (Å²) in [5.41, 5.74) is 2.63. The maximum absolute atomic E-state index is 5.00. The zero-order chi connectivity index (χ0) is 13.1. The molecule has 0 unspecified atom stereocenters. The standard InChI is InChI=1S/C16H23NO/c1-3-15(14-17-12-13-18-2)10-7-11-16-8-5-4-6-9-16/h4-11,17H,3,12-14H2,1-2H3. The molecule has 0 aliphatic rings. The highest BCUT2D eigenvalue weighted by Gasteiger charge is 1.92. The Morgan fingerprint density at radius 2 is 2.06 bits per heavy atom. The first-order valence-electron chi connectivity index (χ1n) is 6.47. The molecule has 1 N–H and O–H groups in total. The maximum atomic E-state index is 5.00. The van der Waals surface area contributed by atoms with Crippen LogP contribution in [0.25, 0.3) is 6.08 Å². The largest absolute Gasteiger partial charge is 0.383 e. The van der Waals surface area contributed by atoms with E-state index in [4.69, 9.17) is 4.74 Å². The Hall–Kier alpha value is -1.38. The zero-order valence-corrected chi connectivity index (χ0v) is 11.4. The van der Waals surface area contributed by atoms with Crippen molar-refractivity contribution in [2.45, 2.75) is 13.3 Å². The van der Waals surface area contributed by atoms with Gasteiger partial charge in [-0.25, -0.2) is 0 Å². The van der Waals surface area contributed by atoms with Gasteiger partial charge in [-0.3, -0.25) is 0 Å². The lowest BCUT2D eigenvalue weighted by atomic mass is 10.1. The van der Waals surface area contributed by atoms with Crippen LogP contribution in [0.1, 0.15) is 18.9 Å². The van der Waals surface area contributed by atoms with E-state index in [1.54, 1.807) is 7.11 Å². The zero-order valence-electron chi connectivity index (χ0n) is 11.4. The summed E-state index contributed by atoms with van der Waals surface area (Å²) in [6, 6.07) is 10.3. The van der Waals surface area contributed by atoms with Gasteiger partial charge in [0, 0.05) is 20.2 Å². The van der Waals surface area contributed by atoms with E-state index in [0.29, 0.717) is 0 Å². The number of hydrogen-bond acceptors (Lipinski definition) is 2. The molecule has 2 heteroatoms. The molecule has 0 aliphatic heterocycles. The quantitative estimate of drug-likeness (QED) is 0.560. The topological polar surface area (TPSA) is 21.3 Å². The third-order valence-electron chi connectivity index (χ3n) is 2.71. The van der Waals surface area contributed by atoms with Gasteiger partial charge in [-0.2, -0.15) is 0 Å². The Kier molecular flexibility index (Phi) is 7.85. The summed E-state index contributed by atoms with van der Waals surface area (Å²) in [6.07, 6.45) is 7.50. The molecule has 0 radical (unpaired) electrons. The minimum atomic E-state index is 0.761. The van der Waals surface area contributed by atoms with Gasteiger partial charge in [0.1, 0.15) is 0 Å². The Balaban J connectivity index is 2.40. The molecule has 2 nitrogen and oxygen atoms in total. The van der Waals surface area contributed by atoms with Crippen molar-refractivity contribution in [1.29, 1.82) is 0 Å². The molecule has 0 bridgehead atoms. The fraction of sp³-hybridized carbons (Fsp3) is 0.375. The van der Waals surface area contributed by atoms with E-state index in [1.165, 1.54) is 11.1 Å². The van der Waals surface area contributed by atoms with E-state index < -0.39 is 0 Å². The lowest BCUT2D eigenvalue weighted by Gasteiger charge is -2.05. The number of methoxy groups -OCH3 is 1. The second-order valence-electron chi connectivity index (χ2n) is 4.12. The second-order valence-corrected chi connectivity index (χ2v) is 4.12. The second kappa shape index (κ2) is 9.63. The minimum absolute atomic E-state index is 0.761. The first-order chi connectivity index (χ1) is 8.86. The number of allylic oxidation sites excluding steroid dienone is 2. The third-order valence-corrected chi connectivity index (χ3v) is 2.71. The average Bonchev–Trinajstić information content (AvgIpc) is 2.42. The number of benzene rings is 1. The average molecular weight is 245 g/mol. The van der Waals surface area contributed by atoms with Crippen molar-refractivity contribution in [3.05, 3.63) is 53.6 Å². The van der Waals surface area contributed by atoms with Crippen LogP contribution in [0.15, 0.2) is 48.1 Å². The van der Waals surface area contributed by atoms with Crippen LogP contribution in [0, 0.1) is 0 Å². The van der Waals surface area contributed by atoms with Crippen molar-refractivity contribution in [1.82, 2.24) is 5.32 Å². The Morgan fingerprint density at radius 1 is 1.28 bits per heavy atom. The van der Waals surface area contributed by atoms with E-state index in [2.05, 4.69) is 54.7 Å². The third kappa shape index (κ3) is 6.38. The summed E-state index contributed by atoms with van der Waals surface area (Å²) in [7, 11) is 1.72. The van der Waals surface area contributed by atoms with Gasteiger partial charge in [-0.05, 0) is 12.0 Å². The predicted octanol–water partition coefficient (Wildman–Crippen LogP) is 3.27. The summed E-state index contributed by atoms with van der Waals surface area (Å²) in [4.78, 5) is 0. The molecule has 98 valence electrons. The van der Waals surface area contributed by atoms with Gasteiger partial charge >= 0.3 is 0 Å². The lowest BCUT2D eigenvalue weighted by molar-refractivity contribution is 0.200. The van der Waals surface area contributed by atoms with E-state index in [-0.39, 0.29) is 0 Å². The van der Waals surface area contributed by atoms with Gasteiger partial charge in [0.25, 0.3) is 0 Å². The Bertz CT molecular complexity index is 368. The van der Waals surface area contributed by atoms with Gasteiger partial charge in [0.05, 0.1) is 6.61 Å². The van der Waals surface area contributed by atoms with Crippen molar-refractivity contribution in [3.8, 4) is 0 Å². The Morgan fingerprint density at radius 3 is 2.72 bits per heavy atom. The smallest absolute Gasteiger partial charge is 0.0587 e. The normalized spacial score (nSPS) is 12.2. The first-order valence-corrected chi connectivity index (χ1v) is 6.47. The predicted molar refractivity (Wildman–Crippen MR) is 78.6 cm³/mol. The molecule has 0 aliphatic carbocycles. The molecule has 0 fully saturated rings. The number of ether oxygens (including phenoxy) is 1. The van der Waals surface area contributed by atoms with Crippen LogP contribution in [0.5, 0.6) is 0 Å². The molecule has 18 heavy (non-hydrogen) atoms. The van der Waals surface area contributed by atoms with Crippen molar-refractivity contribution < 1.29 is 4.74 Å². The molecular formula is C16H23NO. The molecule has 0 atom stereocenters. The first kappa shape index (κ1) is 14.7. The Labute approximate surface area is 110 Å². The van der Waals surface area contributed by atoms with Gasteiger partial charge in [0.2, 0.25) is 0 Å². The molecular weight excluding hydrogens is 222 g/mol. The number of nitrogens with one attached hydrogen (secondary N) is 1. The van der Waals surface area contributed by atoms with Crippen LogP contribution < -0.4 is 5.32 Å². The van der Waals surface area contributed by atoms with Crippen molar-refractivity contribution >= 4 is 6.08 Å². The van der Waals surface area contributed by atoms with E-state index in [9.17, 15) is 0 Å². The summed E-state index contributed by atoms with van der Waals surface area (Å²) >= 11 is 0. The van der Waals surface area contributed by atoms with Crippen LogP contribution in [-0.4, -0.2) is 26.8 Å². The van der Waals surface area contributed by atoms with Gasteiger partial charge in [-0.15, -0.1) is 0 Å². The van der Waals surface area contributed by atoms with E-state index in [0.717, 1.165) is 26.1 Å². The van der Waals surface area contributed by atoms with Crippen LogP contribution in [0.4, 0.5) is 0 Å². The van der Waals surface area contributed by atoms with Crippen molar-refractivity contribution in [3.63, 3.8) is 0 Å². The lowest BCUT2D eigenvalue weighted by Crippen LogP contribution is -2.21. The molecule has 1 rings (SSSR count). The van der Waals surface area contributed by atoms with Crippen LogP contribution in [0.2, 0.25) is 0 Å². The summed E-state index contributed by atoms with van der Waals surface area (Å²) in [5.74, 6) is 0. The molecule has 0 saturated carbocycles. The highest BCUT2D eigenvalue weighted by atomic mass is 16.5. The van der Waals surface area contributed by atoms with Crippen LogP contribution in [0.3, 0.4) is 0 Å². The van der Waals surface area contributed by atoms with E-state index in [1.807, 2.05) is 6.07 Å². The maximum Gasteiger partial charge on any atom is 0.0587 e. The SMILES string of the molecule is CCC(=CC=Cc1ccccc1)CNCCOC. The van der Waals surface area contributed by atoms with E-state index >= 15 is 0 Å². The van der Waals surface area contributed by atoms with Crippen molar-refractivity contribution in [2.24, 2.45) is 0 Å². The summed E-state index contributed by atoms with van der Waals surface area (Å²) in [5, 5.41) is 3.36. The highest BCUT2D eigenvalue weighted by Crippen LogP contribution is 2.04. The highest BCUT2D eigenvalue weighted by molar-refractivity contribution is 5.50. The monoisotopic (exact) mass is 245 g/mol. The van der Waals surface area contributed by atoms with Crippen LogP contribution >= 0.6 is 0 Å². The molecule has 1 aromatic carbocycles. The number of hydrogen-bond donors (Lipinski definition) is 1. The molecule has 0 saturated heterocycles. The number of rotatable bonds is 8.